The van der Waals surface area contributed by atoms with Gasteiger partial charge >= 0.3 is 0 Å². The summed E-state index contributed by atoms with van der Waals surface area (Å²) < 4.78 is 12.6. The molecule has 4 heteroatoms. The first kappa shape index (κ1) is 14.9. The molecule has 2 rings (SSSR count). The Bertz CT molecular complexity index is 500. The second-order valence-corrected chi connectivity index (χ2v) is 4.42. The summed E-state index contributed by atoms with van der Waals surface area (Å²) in [4.78, 5) is 8.27. The molecule has 0 saturated carbocycles. The summed E-state index contributed by atoms with van der Waals surface area (Å²) in [6.45, 7) is 3.55. The molecular formula is C14H14FIrN2-. The molecule has 0 aliphatic carbocycles. The van der Waals surface area contributed by atoms with E-state index in [1.807, 2.05) is 32.0 Å². The molecule has 0 fully saturated rings. The van der Waals surface area contributed by atoms with Crippen LogP contribution in [0.1, 0.15) is 30.8 Å². The van der Waals surface area contributed by atoms with E-state index in [0.29, 0.717) is 5.69 Å². The molecule has 18 heavy (non-hydrogen) atoms. The third kappa shape index (κ3) is 3.01. The molecule has 1 radical (unpaired) electrons. The van der Waals surface area contributed by atoms with Crippen molar-refractivity contribution in [3.05, 3.63) is 59.7 Å². The van der Waals surface area contributed by atoms with E-state index in [4.69, 9.17) is 0 Å². The summed E-state index contributed by atoms with van der Waals surface area (Å²) in [6, 6.07) is 10.4. The maximum atomic E-state index is 12.6. The van der Waals surface area contributed by atoms with Crippen molar-refractivity contribution >= 4 is 0 Å². The Balaban J connectivity index is 0.00000162. The van der Waals surface area contributed by atoms with E-state index in [1.54, 1.807) is 18.5 Å². The topological polar surface area (TPSA) is 25.8 Å². The number of hydrogen-bond donors (Lipinski definition) is 0. The first-order chi connectivity index (χ1) is 8.14. The van der Waals surface area contributed by atoms with Crippen LogP contribution in [0.5, 0.6) is 0 Å². The van der Waals surface area contributed by atoms with E-state index in [9.17, 15) is 4.39 Å². The molecule has 2 heterocycles. The summed E-state index contributed by atoms with van der Waals surface area (Å²) >= 11 is 0. The fraction of sp³-hybridized carbons (Fsp3) is 0.286. The second kappa shape index (κ2) is 6.17. The van der Waals surface area contributed by atoms with E-state index in [2.05, 4.69) is 16.0 Å². The van der Waals surface area contributed by atoms with Crippen LogP contribution < -0.4 is 0 Å². The third-order valence-corrected chi connectivity index (χ3v) is 2.88. The Morgan fingerprint density at radius 1 is 1.28 bits per heavy atom. The number of rotatable bonds is 3. The summed E-state index contributed by atoms with van der Waals surface area (Å²) in [5.41, 5.74) is 2.00. The molecular weight excluding hydrogens is 407 g/mol. The molecule has 0 N–H and O–H groups in total. The maximum absolute atomic E-state index is 12.6. The van der Waals surface area contributed by atoms with E-state index in [1.165, 1.54) is 0 Å². The van der Waals surface area contributed by atoms with Crippen molar-refractivity contribution in [1.82, 2.24) is 9.97 Å². The molecule has 0 aliphatic heterocycles. The molecule has 0 atom stereocenters. The molecule has 2 aromatic heterocycles. The quantitative estimate of drug-likeness (QED) is 0.712. The van der Waals surface area contributed by atoms with Gasteiger partial charge in [-0.15, -0.1) is 0 Å². The third-order valence-electron chi connectivity index (χ3n) is 2.88. The SMILES string of the molecule is CC(C)(c1[c-]cncc1)c1cccc(CF)n1.[Ir]. The number of aromatic nitrogens is 2. The van der Waals surface area contributed by atoms with Gasteiger partial charge in [-0.2, -0.15) is 6.07 Å². The van der Waals surface area contributed by atoms with Crippen molar-refractivity contribution in [3.63, 3.8) is 0 Å². The minimum Gasteiger partial charge on any atom is -0.304 e. The van der Waals surface area contributed by atoms with Crippen molar-refractivity contribution in [3.8, 4) is 0 Å². The smallest absolute Gasteiger partial charge is 0.131 e. The Morgan fingerprint density at radius 2 is 2.06 bits per heavy atom. The standard InChI is InChI=1S/C14H14FN2.Ir/c1-14(2,11-6-8-16-9-7-11)13-5-3-4-12(10-15)17-13;/h3-6,8-9H,10H2,1-2H3;/q-1;. The molecule has 0 amide bonds. The van der Waals surface area contributed by atoms with Gasteiger partial charge < -0.3 is 4.98 Å². The minimum absolute atomic E-state index is 0. The molecule has 0 unspecified atom stereocenters. The van der Waals surface area contributed by atoms with E-state index < -0.39 is 6.67 Å². The molecule has 0 aromatic carbocycles. The zero-order valence-corrected chi connectivity index (χ0v) is 12.7. The number of alkyl halides is 1. The number of hydrogen-bond acceptors (Lipinski definition) is 2. The van der Waals surface area contributed by atoms with Crippen molar-refractivity contribution in [2.75, 3.05) is 0 Å². The molecule has 0 spiro atoms. The molecule has 2 aromatic rings. The Kier molecular flexibility index (Phi) is 5.12. The monoisotopic (exact) mass is 422 g/mol. The fourth-order valence-electron chi connectivity index (χ4n) is 1.74. The summed E-state index contributed by atoms with van der Waals surface area (Å²) in [6.07, 6.45) is 3.36. The average molecular weight is 421 g/mol. The fourth-order valence-corrected chi connectivity index (χ4v) is 1.74. The predicted molar refractivity (Wildman–Crippen MR) is 64.3 cm³/mol. The zero-order valence-electron chi connectivity index (χ0n) is 10.3. The summed E-state index contributed by atoms with van der Waals surface area (Å²) in [7, 11) is 0. The van der Waals surface area contributed by atoms with Gasteiger partial charge in [-0.05, 0) is 17.5 Å². The van der Waals surface area contributed by atoms with Crippen LogP contribution >= 0.6 is 0 Å². The van der Waals surface area contributed by atoms with Gasteiger partial charge in [-0.25, -0.2) is 16.0 Å². The average Bonchev–Trinajstić information content (AvgIpc) is 2.40. The van der Waals surface area contributed by atoms with Crippen LogP contribution in [0.25, 0.3) is 0 Å². The Hall–Kier alpha value is -1.12. The molecule has 0 saturated heterocycles. The first-order valence-corrected chi connectivity index (χ1v) is 5.49. The van der Waals surface area contributed by atoms with Gasteiger partial charge in [0.15, 0.2) is 0 Å². The van der Waals surface area contributed by atoms with Gasteiger partial charge in [0.05, 0.1) is 5.69 Å². The van der Waals surface area contributed by atoms with Crippen LogP contribution in [0.4, 0.5) is 4.39 Å². The Morgan fingerprint density at radius 3 is 2.67 bits per heavy atom. The van der Waals surface area contributed by atoms with Gasteiger partial charge in [0, 0.05) is 25.8 Å². The number of halogens is 1. The van der Waals surface area contributed by atoms with Crippen LogP contribution in [0.3, 0.4) is 0 Å². The Labute approximate surface area is 120 Å². The van der Waals surface area contributed by atoms with Gasteiger partial charge in [0.25, 0.3) is 0 Å². The van der Waals surface area contributed by atoms with Crippen molar-refractivity contribution in [2.24, 2.45) is 0 Å². The van der Waals surface area contributed by atoms with Crippen LogP contribution in [0.15, 0.2) is 36.7 Å². The van der Waals surface area contributed by atoms with E-state index >= 15 is 0 Å². The largest absolute Gasteiger partial charge is 0.304 e. The normalized spacial score (nSPS) is 10.8. The zero-order chi connectivity index (χ0) is 12.3. The minimum atomic E-state index is -0.538. The van der Waals surface area contributed by atoms with Crippen LogP contribution in [0.2, 0.25) is 0 Å². The number of nitrogens with zero attached hydrogens (tertiary/aromatic N) is 2. The second-order valence-electron chi connectivity index (χ2n) is 4.42. The van der Waals surface area contributed by atoms with Gasteiger partial charge in [-0.1, -0.05) is 32.3 Å². The summed E-state index contributed by atoms with van der Waals surface area (Å²) in [5, 5.41) is 0. The van der Waals surface area contributed by atoms with E-state index in [0.717, 1.165) is 11.3 Å². The molecule has 0 aliphatic rings. The van der Waals surface area contributed by atoms with Gasteiger partial charge in [-0.3, -0.25) is 4.98 Å². The maximum Gasteiger partial charge on any atom is 0.131 e. The molecule has 2 nitrogen and oxygen atoms in total. The van der Waals surface area contributed by atoms with E-state index in [-0.39, 0.29) is 25.5 Å². The van der Waals surface area contributed by atoms with Crippen LogP contribution in [0, 0.1) is 6.07 Å². The van der Waals surface area contributed by atoms with Crippen molar-refractivity contribution in [2.45, 2.75) is 25.9 Å². The predicted octanol–water partition coefficient (Wildman–Crippen LogP) is 3.07. The first-order valence-electron chi connectivity index (χ1n) is 5.49. The van der Waals surface area contributed by atoms with Gasteiger partial charge in [0.2, 0.25) is 0 Å². The molecule has 97 valence electrons. The van der Waals surface area contributed by atoms with Crippen molar-refractivity contribution < 1.29 is 24.5 Å². The van der Waals surface area contributed by atoms with Gasteiger partial charge in [0.1, 0.15) is 6.67 Å². The molecule has 0 bridgehead atoms. The van der Waals surface area contributed by atoms with Crippen molar-refractivity contribution in [1.29, 1.82) is 0 Å². The number of pyridine rings is 2. The van der Waals surface area contributed by atoms with Crippen LogP contribution in [-0.4, -0.2) is 9.97 Å². The summed E-state index contributed by atoms with van der Waals surface area (Å²) in [5.74, 6) is 0. The van der Waals surface area contributed by atoms with Crippen LogP contribution in [-0.2, 0) is 32.2 Å².